The first-order valence-corrected chi connectivity index (χ1v) is 9.78. The molecule has 3 fully saturated rings. The van der Waals surface area contributed by atoms with Crippen LogP contribution in [0.3, 0.4) is 0 Å². The summed E-state index contributed by atoms with van der Waals surface area (Å²) in [6, 6.07) is 0. The van der Waals surface area contributed by atoms with Crippen molar-refractivity contribution >= 4 is 5.78 Å². The molecular weight excluding hydrogens is 300 g/mol. The van der Waals surface area contributed by atoms with Crippen molar-refractivity contribution in [2.75, 3.05) is 0 Å². The molecule has 0 aromatic rings. The Kier molecular flexibility index (Phi) is 3.46. The fourth-order valence-corrected chi connectivity index (χ4v) is 7.19. The smallest absolute Gasteiger partial charge is 0.142 e. The van der Waals surface area contributed by atoms with E-state index < -0.39 is 11.7 Å². The molecule has 9 atom stereocenters. The topological polar surface area (TPSA) is 57.5 Å². The number of carbonyl (C=O) groups excluding carboxylic acids is 1. The first-order valence-electron chi connectivity index (χ1n) is 9.78. The van der Waals surface area contributed by atoms with Gasteiger partial charge < -0.3 is 10.2 Å². The summed E-state index contributed by atoms with van der Waals surface area (Å²) in [5, 5.41) is 21.4. The molecule has 24 heavy (non-hydrogen) atoms. The van der Waals surface area contributed by atoms with Crippen molar-refractivity contribution in [3.8, 4) is 0 Å². The van der Waals surface area contributed by atoms with Gasteiger partial charge in [0, 0.05) is 23.2 Å². The summed E-state index contributed by atoms with van der Waals surface area (Å²) in [5.74, 6) is 2.20. The molecule has 3 unspecified atom stereocenters. The number of hydrogen-bond acceptors (Lipinski definition) is 3. The van der Waals surface area contributed by atoms with Gasteiger partial charge >= 0.3 is 0 Å². The third-order valence-electron chi connectivity index (χ3n) is 8.87. The largest absolute Gasteiger partial charge is 0.393 e. The van der Waals surface area contributed by atoms with Gasteiger partial charge in [-0.2, -0.15) is 0 Å². The van der Waals surface area contributed by atoms with Crippen LogP contribution in [0.15, 0.2) is 12.2 Å². The zero-order valence-electron chi connectivity index (χ0n) is 15.5. The average molecular weight is 332 g/mol. The molecule has 3 saturated carbocycles. The molecule has 4 aliphatic rings. The van der Waals surface area contributed by atoms with Crippen LogP contribution in [0, 0.1) is 40.4 Å². The second-order valence-corrected chi connectivity index (χ2v) is 9.78. The highest BCUT2D eigenvalue weighted by molar-refractivity contribution is 5.89. The quantitative estimate of drug-likeness (QED) is 0.669. The molecule has 0 heterocycles. The fourth-order valence-electron chi connectivity index (χ4n) is 7.19. The van der Waals surface area contributed by atoms with E-state index in [9.17, 15) is 15.0 Å². The molecular formula is C21H32O3. The van der Waals surface area contributed by atoms with E-state index in [0.717, 1.165) is 25.7 Å². The number of carbonyl (C=O) groups is 1. The lowest BCUT2D eigenvalue weighted by atomic mass is 9.45. The molecule has 0 amide bonds. The van der Waals surface area contributed by atoms with Gasteiger partial charge in [0.1, 0.15) is 5.78 Å². The van der Waals surface area contributed by atoms with Crippen molar-refractivity contribution in [3.63, 3.8) is 0 Å². The lowest BCUT2D eigenvalue weighted by Gasteiger charge is -2.61. The molecule has 0 aliphatic heterocycles. The Morgan fingerprint density at radius 2 is 1.88 bits per heavy atom. The summed E-state index contributed by atoms with van der Waals surface area (Å²) >= 11 is 0. The number of aliphatic hydroxyl groups excluding tert-OH is 1. The Bertz CT molecular complexity index is 598. The lowest BCUT2D eigenvalue weighted by Crippen LogP contribution is -2.61. The zero-order chi connectivity index (χ0) is 17.5. The maximum absolute atomic E-state index is 12.9. The predicted molar refractivity (Wildman–Crippen MR) is 93.2 cm³/mol. The minimum Gasteiger partial charge on any atom is -0.393 e. The van der Waals surface area contributed by atoms with Crippen LogP contribution in [0.1, 0.15) is 59.8 Å². The molecule has 2 N–H and O–H groups in total. The normalized spacial score (nSPS) is 59.7. The number of rotatable bonds is 0. The monoisotopic (exact) mass is 332 g/mol. The van der Waals surface area contributed by atoms with Crippen molar-refractivity contribution in [2.24, 2.45) is 40.4 Å². The SMILES string of the molecule is C[C@@H]1C(=O)[C@@]2(C)CCC3C(C=C[C@]4(O)C[C@@H](O)CC[C@]34C)C2[C@@H]1C. The number of allylic oxidation sites excluding steroid dienone is 1. The average Bonchev–Trinajstić information content (AvgIpc) is 2.70. The highest BCUT2D eigenvalue weighted by Gasteiger charge is 2.65. The van der Waals surface area contributed by atoms with E-state index in [1.165, 1.54) is 0 Å². The molecule has 4 aliphatic carbocycles. The highest BCUT2D eigenvalue weighted by atomic mass is 16.3. The summed E-state index contributed by atoms with van der Waals surface area (Å²) in [4.78, 5) is 12.9. The summed E-state index contributed by atoms with van der Waals surface area (Å²) in [5.41, 5.74) is -1.26. The van der Waals surface area contributed by atoms with E-state index in [4.69, 9.17) is 0 Å². The van der Waals surface area contributed by atoms with E-state index >= 15 is 0 Å². The standard InChI is InChI=1S/C21H32O3/c1-12-13(2)18(23)19(3)8-7-16-15(17(12)19)6-10-21(24)11-14(22)5-9-20(16,21)4/h6,10,12-17,22,24H,5,7-9,11H2,1-4H3/t12-,13+,14+,15?,16?,17?,19+,20-,21+/m1/s1. The molecule has 3 nitrogen and oxygen atoms in total. The maximum atomic E-state index is 12.9. The van der Waals surface area contributed by atoms with Crippen molar-refractivity contribution in [1.82, 2.24) is 0 Å². The Labute approximate surface area is 145 Å². The molecule has 0 saturated heterocycles. The van der Waals surface area contributed by atoms with E-state index in [0.29, 0.717) is 35.9 Å². The molecule has 0 aromatic heterocycles. The predicted octanol–water partition coefficient (Wildman–Crippen LogP) is 3.34. The maximum Gasteiger partial charge on any atom is 0.142 e. The Morgan fingerprint density at radius 3 is 2.58 bits per heavy atom. The van der Waals surface area contributed by atoms with Crippen molar-refractivity contribution in [2.45, 2.75) is 71.5 Å². The second-order valence-electron chi connectivity index (χ2n) is 9.78. The fraction of sp³-hybridized carbons (Fsp3) is 0.857. The zero-order valence-corrected chi connectivity index (χ0v) is 15.5. The van der Waals surface area contributed by atoms with Crippen LogP contribution in [0.5, 0.6) is 0 Å². The van der Waals surface area contributed by atoms with Gasteiger partial charge in [0.15, 0.2) is 0 Å². The molecule has 134 valence electrons. The third kappa shape index (κ3) is 1.83. The Morgan fingerprint density at radius 1 is 1.17 bits per heavy atom. The van der Waals surface area contributed by atoms with Gasteiger partial charge in [-0.1, -0.05) is 39.8 Å². The molecule has 0 bridgehead atoms. The van der Waals surface area contributed by atoms with Crippen LogP contribution in [0.25, 0.3) is 0 Å². The van der Waals surface area contributed by atoms with Crippen LogP contribution in [-0.2, 0) is 4.79 Å². The minimum atomic E-state index is -0.892. The summed E-state index contributed by atoms with van der Waals surface area (Å²) in [7, 11) is 0. The highest BCUT2D eigenvalue weighted by Crippen LogP contribution is 2.66. The van der Waals surface area contributed by atoms with Crippen LogP contribution in [0.4, 0.5) is 0 Å². The molecule has 0 aromatic carbocycles. The van der Waals surface area contributed by atoms with Gasteiger partial charge in [-0.05, 0) is 49.4 Å². The van der Waals surface area contributed by atoms with E-state index in [1.54, 1.807) is 0 Å². The van der Waals surface area contributed by atoms with Gasteiger partial charge in [0.05, 0.1) is 11.7 Å². The van der Waals surface area contributed by atoms with E-state index in [-0.39, 0.29) is 16.7 Å². The number of aliphatic hydroxyl groups is 2. The Hall–Kier alpha value is -0.670. The van der Waals surface area contributed by atoms with Crippen LogP contribution in [0.2, 0.25) is 0 Å². The Balaban J connectivity index is 1.77. The molecule has 0 spiro atoms. The van der Waals surface area contributed by atoms with Gasteiger partial charge in [-0.15, -0.1) is 0 Å². The van der Waals surface area contributed by atoms with Crippen LogP contribution in [-0.4, -0.2) is 27.7 Å². The molecule has 0 radical (unpaired) electrons. The number of hydrogen-bond donors (Lipinski definition) is 2. The summed E-state index contributed by atoms with van der Waals surface area (Å²) < 4.78 is 0. The number of ketones is 1. The van der Waals surface area contributed by atoms with E-state index in [1.807, 2.05) is 6.08 Å². The number of fused-ring (bicyclic) bond motifs is 5. The van der Waals surface area contributed by atoms with Gasteiger partial charge in [-0.3, -0.25) is 4.79 Å². The molecule has 4 rings (SSSR count). The van der Waals surface area contributed by atoms with Crippen molar-refractivity contribution in [1.29, 1.82) is 0 Å². The van der Waals surface area contributed by atoms with Gasteiger partial charge in [0.25, 0.3) is 0 Å². The minimum absolute atomic E-state index is 0.147. The van der Waals surface area contributed by atoms with E-state index in [2.05, 4.69) is 33.8 Å². The molecule has 3 heteroatoms. The number of Topliss-reactive ketones (excluding diaryl/α,β-unsaturated/α-hetero) is 1. The van der Waals surface area contributed by atoms with Crippen molar-refractivity contribution < 1.29 is 15.0 Å². The van der Waals surface area contributed by atoms with Crippen molar-refractivity contribution in [3.05, 3.63) is 12.2 Å². The van der Waals surface area contributed by atoms with Gasteiger partial charge in [-0.25, -0.2) is 0 Å². The summed E-state index contributed by atoms with van der Waals surface area (Å²) in [6.45, 7) is 8.78. The first-order chi connectivity index (χ1) is 11.1. The summed E-state index contributed by atoms with van der Waals surface area (Å²) in [6.07, 6.45) is 7.88. The van der Waals surface area contributed by atoms with Gasteiger partial charge in [0.2, 0.25) is 0 Å². The third-order valence-corrected chi connectivity index (χ3v) is 8.87. The first kappa shape index (κ1) is 16.8. The second kappa shape index (κ2) is 4.94. The van der Waals surface area contributed by atoms with Crippen LogP contribution < -0.4 is 0 Å². The lowest BCUT2D eigenvalue weighted by molar-refractivity contribution is -0.168. The van der Waals surface area contributed by atoms with Crippen LogP contribution >= 0.6 is 0 Å².